The second-order valence-electron chi connectivity index (χ2n) is 8.84. The van der Waals surface area contributed by atoms with Crippen LogP contribution in [0.4, 0.5) is 13.2 Å². The molecule has 4 heteroatoms. The maximum Gasteiger partial charge on any atom is 0.165 e. The third kappa shape index (κ3) is 4.14. The van der Waals surface area contributed by atoms with Crippen molar-refractivity contribution in [3.63, 3.8) is 0 Å². The molecule has 4 rings (SSSR count). The van der Waals surface area contributed by atoms with Crippen LogP contribution in [0.3, 0.4) is 0 Å². The largest absolute Gasteiger partial charge is 0.494 e. The fourth-order valence-electron chi connectivity index (χ4n) is 5.60. The van der Waals surface area contributed by atoms with E-state index in [2.05, 4.69) is 19.1 Å². The SMILES string of the molecule is C/C=C/C1CCC2CC(c3cc(F)c(-c4ccc(OC)c(F)c4)c(F)c3)CCC2C1. The van der Waals surface area contributed by atoms with E-state index in [4.69, 9.17) is 4.74 Å². The molecule has 2 aromatic rings. The lowest BCUT2D eigenvalue weighted by Crippen LogP contribution is -2.30. The summed E-state index contributed by atoms with van der Waals surface area (Å²) in [5, 5.41) is 0. The highest BCUT2D eigenvalue weighted by Gasteiger charge is 2.35. The van der Waals surface area contributed by atoms with Gasteiger partial charge in [-0.2, -0.15) is 0 Å². The van der Waals surface area contributed by atoms with Gasteiger partial charge >= 0.3 is 0 Å². The van der Waals surface area contributed by atoms with Crippen LogP contribution in [0, 0.1) is 35.2 Å². The molecule has 0 saturated heterocycles. The van der Waals surface area contributed by atoms with Crippen LogP contribution in [0.25, 0.3) is 11.1 Å². The molecule has 0 radical (unpaired) electrons. The molecule has 2 aromatic carbocycles. The van der Waals surface area contributed by atoms with Gasteiger partial charge in [0.1, 0.15) is 11.6 Å². The van der Waals surface area contributed by atoms with Crippen molar-refractivity contribution < 1.29 is 17.9 Å². The molecule has 2 aliphatic rings. The summed E-state index contributed by atoms with van der Waals surface area (Å²) in [5.74, 6) is 0.407. The number of fused-ring (bicyclic) bond motifs is 1. The van der Waals surface area contributed by atoms with Crippen LogP contribution < -0.4 is 4.74 Å². The summed E-state index contributed by atoms with van der Waals surface area (Å²) in [7, 11) is 1.36. The van der Waals surface area contributed by atoms with Crippen molar-refractivity contribution in [2.24, 2.45) is 17.8 Å². The van der Waals surface area contributed by atoms with E-state index in [0.717, 1.165) is 36.8 Å². The Morgan fingerprint density at radius 2 is 1.57 bits per heavy atom. The van der Waals surface area contributed by atoms with Gasteiger partial charge in [0, 0.05) is 0 Å². The van der Waals surface area contributed by atoms with Gasteiger partial charge in [-0.05, 0) is 105 Å². The smallest absolute Gasteiger partial charge is 0.165 e. The number of allylic oxidation sites excluding steroid dienone is 2. The molecule has 4 atom stereocenters. The summed E-state index contributed by atoms with van der Waals surface area (Å²) in [5.41, 5.74) is 0.735. The first kappa shape index (κ1) is 21.0. The van der Waals surface area contributed by atoms with Crippen LogP contribution in [-0.4, -0.2) is 7.11 Å². The minimum Gasteiger partial charge on any atom is -0.494 e. The van der Waals surface area contributed by atoms with Crippen molar-refractivity contribution in [2.75, 3.05) is 7.11 Å². The lowest BCUT2D eigenvalue weighted by Gasteiger charge is -2.42. The summed E-state index contributed by atoms with van der Waals surface area (Å²) in [6.07, 6.45) is 11.2. The van der Waals surface area contributed by atoms with E-state index in [1.165, 1.54) is 50.6 Å². The Kier molecular flexibility index (Phi) is 6.21. The monoisotopic (exact) mass is 414 g/mol. The van der Waals surface area contributed by atoms with E-state index < -0.39 is 17.5 Å². The minimum absolute atomic E-state index is 0.0529. The fraction of sp³-hybridized carbons (Fsp3) is 0.462. The van der Waals surface area contributed by atoms with Crippen molar-refractivity contribution in [2.45, 2.75) is 51.4 Å². The van der Waals surface area contributed by atoms with Crippen molar-refractivity contribution >= 4 is 0 Å². The minimum atomic E-state index is -0.635. The molecule has 2 fully saturated rings. The number of hydrogen-bond acceptors (Lipinski definition) is 1. The Hall–Kier alpha value is -2.23. The molecule has 0 amide bonds. The average molecular weight is 415 g/mol. The lowest BCUT2D eigenvalue weighted by atomic mass is 9.64. The highest BCUT2D eigenvalue weighted by atomic mass is 19.1. The van der Waals surface area contributed by atoms with Gasteiger partial charge in [0.05, 0.1) is 12.7 Å². The van der Waals surface area contributed by atoms with Gasteiger partial charge in [-0.25, -0.2) is 13.2 Å². The number of rotatable bonds is 4. The number of halogens is 3. The Balaban J connectivity index is 1.54. The first-order chi connectivity index (χ1) is 14.5. The van der Waals surface area contributed by atoms with Crippen LogP contribution in [0.5, 0.6) is 5.75 Å². The Bertz CT molecular complexity index is 913. The van der Waals surface area contributed by atoms with Gasteiger partial charge in [-0.1, -0.05) is 18.2 Å². The zero-order valence-corrected chi connectivity index (χ0v) is 17.6. The molecule has 0 N–H and O–H groups in total. The van der Waals surface area contributed by atoms with E-state index in [0.29, 0.717) is 11.8 Å². The van der Waals surface area contributed by atoms with Gasteiger partial charge < -0.3 is 4.74 Å². The topological polar surface area (TPSA) is 9.23 Å². The standard InChI is InChI=1S/C26H29F3O/c1-3-4-16-5-6-18-12-19(8-7-17(18)11-16)21-14-23(28)26(24(29)15-21)20-9-10-25(30-2)22(27)13-20/h3-4,9-10,13-19H,5-8,11-12H2,1-2H3/b4-3+. The molecule has 0 heterocycles. The summed E-state index contributed by atoms with van der Waals surface area (Å²) in [4.78, 5) is 0. The Morgan fingerprint density at radius 1 is 0.867 bits per heavy atom. The van der Waals surface area contributed by atoms with Crippen LogP contribution in [0.2, 0.25) is 0 Å². The number of benzene rings is 2. The molecule has 2 aliphatic carbocycles. The van der Waals surface area contributed by atoms with Gasteiger partial charge in [-0.15, -0.1) is 0 Å². The molecule has 0 aliphatic heterocycles. The molecule has 0 spiro atoms. The molecule has 0 bridgehead atoms. The zero-order valence-electron chi connectivity index (χ0n) is 17.6. The first-order valence-corrected chi connectivity index (χ1v) is 11.0. The molecular weight excluding hydrogens is 385 g/mol. The number of ether oxygens (including phenoxy) is 1. The molecule has 4 unspecified atom stereocenters. The maximum absolute atomic E-state index is 14.9. The third-order valence-corrected chi connectivity index (χ3v) is 7.09. The molecular formula is C26H29F3O. The molecule has 160 valence electrons. The first-order valence-electron chi connectivity index (χ1n) is 11.0. The summed E-state index contributed by atoms with van der Waals surface area (Å²) in [6.45, 7) is 2.08. The van der Waals surface area contributed by atoms with Crippen molar-refractivity contribution in [3.05, 3.63) is 65.5 Å². The Labute approximate surface area is 177 Å². The van der Waals surface area contributed by atoms with E-state index in [1.807, 2.05) is 0 Å². The second kappa shape index (κ2) is 8.87. The molecule has 0 aromatic heterocycles. The summed E-state index contributed by atoms with van der Waals surface area (Å²) < 4.78 is 48.8. The normalized spacial score (nSPS) is 26.6. The van der Waals surface area contributed by atoms with Gasteiger partial charge in [0.25, 0.3) is 0 Å². The van der Waals surface area contributed by atoms with Crippen molar-refractivity contribution in [1.82, 2.24) is 0 Å². The number of hydrogen-bond donors (Lipinski definition) is 0. The predicted molar refractivity (Wildman–Crippen MR) is 114 cm³/mol. The lowest BCUT2D eigenvalue weighted by molar-refractivity contribution is 0.133. The van der Waals surface area contributed by atoms with Crippen LogP contribution >= 0.6 is 0 Å². The van der Waals surface area contributed by atoms with Crippen molar-refractivity contribution in [3.8, 4) is 16.9 Å². The Morgan fingerprint density at radius 3 is 2.23 bits per heavy atom. The highest BCUT2D eigenvalue weighted by Crippen LogP contribution is 2.48. The van der Waals surface area contributed by atoms with E-state index in [9.17, 15) is 13.2 Å². The second-order valence-corrected chi connectivity index (χ2v) is 8.84. The highest BCUT2D eigenvalue weighted by molar-refractivity contribution is 5.66. The van der Waals surface area contributed by atoms with Crippen LogP contribution in [-0.2, 0) is 0 Å². The quantitative estimate of drug-likeness (QED) is 0.467. The average Bonchev–Trinajstić information content (AvgIpc) is 2.73. The molecule has 1 nitrogen and oxygen atoms in total. The van der Waals surface area contributed by atoms with E-state index in [-0.39, 0.29) is 22.8 Å². The number of methoxy groups -OCH3 is 1. The summed E-state index contributed by atoms with van der Waals surface area (Å²) in [6, 6.07) is 6.91. The maximum atomic E-state index is 14.9. The van der Waals surface area contributed by atoms with Crippen molar-refractivity contribution in [1.29, 1.82) is 0 Å². The van der Waals surface area contributed by atoms with Crippen LogP contribution in [0.1, 0.15) is 56.9 Å². The van der Waals surface area contributed by atoms with Gasteiger partial charge in [-0.3, -0.25) is 0 Å². The van der Waals surface area contributed by atoms with E-state index >= 15 is 0 Å². The van der Waals surface area contributed by atoms with E-state index in [1.54, 1.807) is 0 Å². The van der Waals surface area contributed by atoms with Gasteiger partial charge in [0.2, 0.25) is 0 Å². The summed E-state index contributed by atoms with van der Waals surface area (Å²) >= 11 is 0. The van der Waals surface area contributed by atoms with Crippen LogP contribution in [0.15, 0.2) is 42.5 Å². The van der Waals surface area contributed by atoms with Gasteiger partial charge in [0.15, 0.2) is 11.6 Å². The zero-order chi connectivity index (χ0) is 21.3. The molecule has 2 saturated carbocycles. The molecule has 30 heavy (non-hydrogen) atoms. The predicted octanol–water partition coefficient (Wildman–Crippen LogP) is 7.66. The fourth-order valence-corrected chi connectivity index (χ4v) is 5.60. The third-order valence-electron chi connectivity index (χ3n) is 7.09.